The quantitative estimate of drug-likeness (QED) is 0.482. The maximum absolute atomic E-state index is 12.0. The summed E-state index contributed by atoms with van der Waals surface area (Å²) in [6.07, 6.45) is 5.06. The molecule has 1 aliphatic heterocycles. The minimum Gasteiger partial charge on any atom is -0.422 e. The second kappa shape index (κ2) is 10.6. The molecule has 1 rings (SSSR count). The van der Waals surface area contributed by atoms with Crippen LogP contribution in [0.4, 0.5) is 9.32 Å². The van der Waals surface area contributed by atoms with Crippen molar-refractivity contribution in [2.24, 2.45) is 4.99 Å². The minimum atomic E-state index is -2.12. The van der Waals surface area contributed by atoms with Gasteiger partial charge in [-0.05, 0) is 23.9 Å². The predicted molar refractivity (Wildman–Crippen MR) is 76.5 cm³/mol. The summed E-state index contributed by atoms with van der Waals surface area (Å²) in [6.45, 7) is 2.73. The summed E-state index contributed by atoms with van der Waals surface area (Å²) in [6, 6.07) is 0. The molecule has 9 heteroatoms. The normalized spacial score (nSPS) is 15.5. The molecule has 0 saturated heterocycles. The fraction of sp³-hybridized carbons (Fsp3) is 0.667. The van der Waals surface area contributed by atoms with Crippen LogP contribution in [0.1, 0.15) is 19.8 Å². The molecule has 0 aromatic carbocycles. The lowest BCUT2D eigenvalue weighted by molar-refractivity contribution is -0.0528. The topological polar surface area (TPSA) is 69.6 Å². The molecule has 120 valence electrons. The van der Waals surface area contributed by atoms with Crippen molar-refractivity contribution in [3.8, 4) is 0 Å². The average Bonchev–Trinajstić information content (AvgIpc) is 2.52. The van der Waals surface area contributed by atoms with Gasteiger partial charge in [0.15, 0.2) is 0 Å². The van der Waals surface area contributed by atoms with Crippen LogP contribution < -0.4 is 0 Å². The molecular weight excluding hydrogens is 302 g/mol. The zero-order chi connectivity index (χ0) is 15.5. The Labute approximate surface area is 124 Å². The fourth-order valence-electron chi connectivity index (χ4n) is 1.50. The molecule has 1 aliphatic rings. The molecule has 0 aromatic heterocycles. The van der Waals surface area contributed by atoms with Crippen LogP contribution in [0.2, 0.25) is 0 Å². The van der Waals surface area contributed by atoms with E-state index in [1.54, 1.807) is 14.0 Å². The molecule has 0 radical (unpaired) electrons. The van der Waals surface area contributed by atoms with Crippen molar-refractivity contribution in [1.29, 1.82) is 0 Å². The maximum atomic E-state index is 12.0. The number of carbonyl (C=O) groups is 1. The molecule has 21 heavy (non-hydrogen) atoms. The summed E-state index contributed by atoms with van der Waals surface area (Å²) >= 11 is 0. The Hall–Kier alpha value is -1.08. The number of aliphatic imine (C=N–C) groups is 1. The molecule has 1 atom stereocenters. The van der Waals surface area contributed by atoms with Crippen LogP contribution in [0.15, 0.2) is 17.1 Å². The highest BCUT2D eigenvalue weighted by Gasteiger charge is 2.15. The minimum absolute atomic E-state index is 0.235. The third-order valence-corrected chi connectivity index (χ3v) is 3.47. The van der Waals surface area contributed by atoms with E-state index >= 15 is 0 Å². The Bertz CT molecular complexity index is 381. The zero-order valence-electron chi connectivity index (χ0n) is 12.2. The number of hydrogen-bond acceptors (Lipinski definition) is 6. The lowest BCUT2D eigenvalue weighted by Gasteiger charge is -2.18. The standard InChI is InChI=1S/C12H20FN2O5P/c1-3-18-21(20-13)19-10-17-12(16)15(2)9-7-11-6-4-5-8-14-11/h4,6H,3,5,7-10H2,1-2H3. The first kappa shape index (κ1) is 18.0. The van der Waals surface area contributed by atoms with Crippen molar-refractivity contribution in [2.45, 2.75) is 19.8 Å². The number of dihydropyridines is 1. The van der Waals surface area contributed by atoms with Gasteiger partial charge in [0, 0.05) is 32.3 Å². The van der Waals surface area contributed by atoms with Crippen molar-refractivity contribution < 1.29 is 27.8 Å². The van der Waals surface area contributed by atoms with Gasteiger partial charge in [-0.3, -0.25) is 9.52 Å². The first-order valence-corrected chi connectivity index (χ1v) is 7.69. The molecule has 7 nitrogen and oxygen atoms in total. The van der Waals surface area contributed by atoms with Gasteiger partial charge in [-0.1, -0.05) is 6.08 Å². The number of nitrogens with zero attached hydrogens (tertiary/aromatic N) is 2. The summed E-state index contributed by atoms with van der Waals surface area (Å²) in [5, 5.41) is 0. The van der Waals surface area contributed by atoms with E-state index in [1.165, 1.54) is 4.90 Å². The first-order valence-electron chi connectivity index (χ1n) is 6.59. The number of rotatable bonds is 9. The number of carbonyl (C=O) groups excluding carboxylic acids is 1. The van der Waals surface area contributed by atoms with E-state index in [4.69, 9.17) is 13.8 Å². The van der Waals surface area contributed by atoms with Gasteiger partial charge in [0.25, 0.3) is 0 Å². The SMILES string of the molecule is CCOP(OF)OCOC(=O)N(C)CCC1=NCCC=C1. The highest BCUT2D eigenvalue weighted by molar-refractivity contribution is 7.41. The first-order chi connectivity index (χ1) is 10.2. The number of halogens is 1. The van der Waals surface area contributed by atoms with Crippen molar-refractivity contribution in [2.75, 3.05) is 33.5 Å². The van der Waals surface area contributed by atoms with Crippen LogP contribution in [0.25, 0.3) is 0 Å². The largest absolute Gasteiger partial charge is 0.422 e. The summed E-state index contributed by atoms with van der Waals surface area (Å²) in [4.78, 5) is 17.4. The maximum Gasteiger partial charge on any atom is 0.411 e. The second-order valence-electron chi connectivity index (χ2n) is 4.10. The van der Waals surface area contributed by atoms with Crippen molar-refractivity contribution >= 4 is 20.4 Å². The Balaban J connectivity index is 2.18. The lowest BCUT2D eigenvalue weighted by atomic mass is 10.2. The van der Waals surface area contributed by atoms with Crippen molar-refractivity contribution in [3.63, 3.8) is 0 Å². The Morgan fingerprint density at radius 1 is 1.52 bits per heavy atom. The van der Waals surface area contributed by atoms with Gasteiger partial charge in [0.05, 0.1) is 6.61 Å². The Morgan fingerprint density at radius 3 is 2.95 bits per heavy atom. The lowest BCUT2D eigenvalue weighted by Crippen LogP contribution is -2.30. The summed E-state index contributed by atoms with van der Waals surface area (Å²) in [5.41, 5.74) is 0.961. The molecule has 1 heterocycles. The van der Waals surface area contributed by atoms with Crippen LogP contribution in [0.3, 0.4) is 0 Å². The number of hydrogen-bond donors (Lipinski definition) is 0. The molecule has 0 aromatic rings. The Kier molecular flexibility index (Phi) is 9.09. The van der Waals surface area contributed by atoms with Gasteiger partial charge in [-0.2, -0.15) is 0 Å². The summed E-state index contributed by atoms with van der Waals surface area (Å²) < 4.78 is 29.8. The highest BCUT2D eigenvalue weighted by atomic mass is 31.2. The molecule has 0 bridgehead atoms. The summed E-state index contributed by atoms with van der Waals surface area (Å²) in [7, 11) is -0.514. The highest BCUT2D eigenvalue weighted by Crippen LogP contribution is 2.39. The monoisotopic (exact) mass is 322 g/mol. The van der Waals surface area contributed by atoms with E-state index in [-0.39, 0.29) is 6.61 Å². The van der Waals surface area contributed by atoms with Gasteiger partial charge in [-0.15, -0.1) is 4.73 Å². The van der Waals surface area contributed by atoms with E-state index in [0.717, 1.165) is 18.7 Å². The van der Waals surface area contributed by atoms with Gasteiger partial charge in [0.1, 0.15) is 0 Å². The molecule has 0 fully saturated rings. The number of allylic oxidation sites excluding steroid dienone is 1. The average molecular weight is 322 g/mol. The van der Waals surface area contributed by atoms with Crippen molar-refractivity contribution in [3.05, 3.63) is 12.2 Å². The number of ether oxygens (including phenoxy) is 1. The molecule has 1 amide bonds. The molecule has 0 aliphatic carbocycles. The van der Waals surface area contributed by atoms with Gasteiger partial charge >= 0.3 is 14.7 Å². The third kappa shape index (κ3) is 7.47. The zero-order valence-corrected chi connectivity index (χ0v) is 13.1. The van der Waals surface area contributed by atoms with Gasteiger partial charge in [-0.25, -0.2) is 4.79 Å². The molecule has 1 unspecified atom stereocenters. The van der Waals surface area contributed by atoms with Crippen LogP contribution in [0, 0.1) is 0 Å². The van der Waals surface area contributed by atoms with E-state index < -0.39 is 21.5 Å². The predicted octanol–water partition coefficient (Wildman–Crippen LogP) is 2.98. The van der Waals surface area contributed by atoms with Crippen molar-refractivity contribution in [1.82, 2.24) is 4.90 Å². The van der Waals surface area contributed by atoms with E-state index in [0.29, 0.717) is 13.0 Å². The van der Waals surface area contributed by atoms with Gasteiger partial charge in [0.2, 0.25) is 6.79 Å². The molecular formula is C12H20FN2O5P. The van der Waals surface area contributed by atoms with E-state index in [1.807, 2.05) is 6.08 Å². The smallest absolute Gasteiger partial charge is 0.411 e. The van der Waals surface area contributed by atoms with Gasteiger partial charge < -0.3 is 14.2 Å². The molecule has 0 N–H and O–H groups in total. The van der Waals surface area contributed by atoms with E-state index in [9.17, 15) is 9.32 Å². The van der Waals surface area contributed by atoms with Crippen LogP contribution >= 0.6 is 8.60 Å². The van der Waals surface area contributed by atoms with Crippen LogP contribution in [-0.4, -0.2) is 50.2 Å². The summed E-state index contributed by atoms with van der Waals surface area (Å²) in [5.74, 6) is 0. The Morgan fingerprint density at radius 2 is 2.33 bits per heavy atom. The molecule has 0 saturated carbocycles. The van der Waals surface area contributed by atoms with Crippen LogP contribution in [-0.2, 0) is 18.5 Å². The van der Waals surface area contributed by atoms with Crippen LogP contribution in [0.5, 0.6) is 0 Å². The fourth-order valence-corrected chi connectivity index (χ4v) is 2.01. The van der Waals surface area contributed by atoms with E-state index in [2.05, 4.69) is 15.8 Å². The number of amides is 1. The third-order valence-electron chi connectivity index (χ3n) is 2.57. The molecule has 0 spiro atoms. The second-order valence-corrected chi connectivity index (χ2v) is 5.20.